The lowest BCUT2D eigenvalue weighted by molar-refractivity contribution is -0.141. The fourth-order valence-electron chi connectivity index (χ4n) is 3.35. The van der Waals surface area contributed by atoms with Crippen molar-refractivity contribution in [1.29, 1.82) is 0 Å². The minimum Gasteiger partial charge on any atom is -0.504 e. The van der Waals surface area contributed by atoms with Crippen LogP contribution < -0.4 is 9.47 Å². The van der Waals surface area contributed by atoms with Gasteiger partial charge in [-0.05, 0) is 41.8 Å². The molecule has 0 aromatic heterocycles. The predicted octanol–water partition coefficient (Wildman–Crippen LogP) is 2.18. The van der Waals surface area contributed by atoms with Crippen LogP contribution in [0.4, 0.5) is 0 Å². The molecule has 0 radical (unpaired) electrons. The van der Waals surface area contributed by atoms with Crippen molar-refractivity contribution in [2.75, 3.05) is 20.8 Å². The topological polar surface area (TPSA) is 105 Å². The molecule has 2 aromatic rings. The summed E-state index contributed by atoms with van der Waals surface area (Å²) in [7, 11) is 2.88. The molecule has 1 unspecified atom stereocenters. The highest BCUT2D eigenvalue weighted by atomic mass is 16.5. The van der Waals surface area contributed by atoms with Gasteiger partial charge in [0.1, 0.15) is 0 Å². The Morgan fingerprint density at radius 3 is 2.37 bits per heavy atom. The van der Waals surface area contributed by atoms with Gasteiger partial charge in [-0.25, -0.2) is 0 Å². The Morgan fingerprint density at radius 2 is 1.70 bits per heavy atom. The molecule has 7 nitrogen and oxygen atoms in total. The lowest BCUT2D eigenvalue weighted by Gasteiger charge is -2.22. The summed E-state index contributed by atoms with van der Waals surface area (Å²) in [6.07, 6.45) is -0.623. The number of aromatic hydroxyl groups is 2. The van der Waals surface area contributed by atoms with Crippen molar-refractivity contribution in [2.24, 2.45) is 11.8 Å². The van der Waals surface area contributed by atoms with Crippen LogP contribution in [0.25, 0.3) is 0 Å². The Kier molecular flexibility index (Phi) is 5.41. The number of carbonyl (C=O) groups is 1. The molecule has 1 aliphatic rings. The van der Waals surface area contributed by atoms with E-state index in [9.17, 15) is 20.1 Å². The van der Waals surface area contributed by atoms with E-state index < -0.39 is 17.9 Å². The van der Waals surface area contributed by atoms with Crippen LogP contribution in [0.1, 0.15) is 17.2 Å². The number of phenolic OH excluding ortho intramolecular Hbond substituents is 2. The summed E-state index contributed by atoms with van der Waals surface area (Å²) in [5.41, 5.74) is 1.32. The van der Waals surface area contributed by atoms with Crippen molar-refractivity contribution < 1.29 is 34.3 Å². The number of hydrogen-bond donors (Lipinski definition) is 3. The number of phenols is 2. The highest BCUT2D eigenvalue weighted by Gasteiger charge is 2.41. The molecule has 1 heterocycles. The predicted molar refractivity (Wildman–Crippen MR) is 95.9 cm³/mol. The number of aliphatic hydroxyl groups excluding tert-OH is 1. The Labute approximate surface area is 156 Å². The zero-order valence-corrected chi connectivity index (χ0v) is 15.1. The number of methoxy groups -OCH3 is 2. The highest BCUT2D eigenvalue weighted by Crippen LogP contribution is 2.39. The summed E-state index contributed by atoms with van der Waals surface area (Å²) in [6, 6.07) is 9.44. The number of rotatable bonds is 6. The Morgan fingerprint density at radius 1 is 1.07 bits per heavy atom. The van der Waals surface area contributed by atoms with Gasteiger partial charge in [-0.15, -0.1) is 0 Å². The van der Waals surface area contributed by atoms with Gasteiger partial charge >= 0.3 is 5.97 Å². The second-order valence-electron chi connectivity index (χ2n) is 6.49. The first-order valence-electron chi connectivity index (χ1n) is 8.52. The van der Waals surface area contributed by atoms with Crippen molar-refractivity contribution in [3.05, 3.63) is 47.5 Å². The number of hydrogen-bond acceptors (Lipinski definition) is 7. The fourth-order valence-corrected chi connectivity index (χ4v) is 3.35. The average Bonchev–Trinajstić information content (AvgIpc) is 3.03. The molecule has 1 saturated heterocycles. The third-order valence-corrected chi connectivity index (χ3v) is 4.89. The zero-order chi connectivity index (χ0) is 19.6. The van der Waals surface area contributed by atoms with Crippen LogP contribution in [-0.4, -0.2) is 42.1 Å². The van der Waals surface area contributed by atoms with Gasteiger partial charge in [0.05, 0.1) is 32.8 Å². The van der Waals surface area contributed by atoms with Crippen LogP contribution in [0.5, 0.6) is 23.0 Å². The molecular weight excluding hydrogens is 352 g/mol. The number of ether oxygens (including phenoxy) is 3. The molecule has 1 aliphatic heterocycles. The number of carbonyl (C=O) groups excluding carboxylic acids is 1. The molecule has 0 aliphatic carbocycles. The second kappa shape index (κ2) is 7.75. The Balaban J connectivity index is 1.83. The van der Waals surface area contributed by atoms with E-state index in [-0.39, 0.29) is 29.8 Å². The molecule has 3 atom stereocenters. The lowest BCUT2D eigenvalue weighted by atomic mass is 9.83. The van der Waals surface area contributed by atoms with Crippen molar-refractivity contribution >= 4 is 5.97 Å². The lowest BCUT2D eigenvalue weighted by Crippen LogP contribution is -2.24. The number of benzene rings is 2. The maximum atomic E-state index is 12.2. The molecule has 0 amide bonds. The van der Waals surface area contributed by atoms with Crippen molar-refractivity contribution in [3.8, 4) is 23.0 Å². The Bertz CT molecular complexity index is 833. The van der Waals surface area contributed by atoms with Crippen molar-refractivity contribution in [1.82, 2.24) is 0 Å². The van der Waals surface area contributed by atoms with Crippen LogP contribution in [-0.2, 0) is 16.0 Å². The Hall–Kier alpha value is -2.93. The summed E-state index contributed by atoms with van der Waals surface area (Å²) >= 11 is 0. The molecular formula is C20H22O7. The summed E-state index contributed by atoms with van der Waals surface area (Å²) in [5.74, 6) is -0.823. The molecule has 144 valence electrons. The van der Waals surface area contributed by atoms with Crippen LogP contribution >= 0.6 is 0 Å². The van der Waals surface area contributed by atoms with E-state index in [1.54, 1.807) is 24.3 Å². The van der Waals surface area contributed by atoms with E-state index >= 15 is 0 Å². The maximum Gasteiger partial charge on any atom is 0.309 e. The van der Waals surface area contributed by atoms with Gasteiger partial charge in [0.25, 0.3) is 0 Å². The first-order chi connectivity index (χ1) is 12.9. The van der Waals surface area contributed by atoms with E-state index in [1.165, 1.54) is 26.4 Å². The van der Waals surface area contributed by atoms with Crippen molar-refractivity contribution in [2.45, 2.75) is 12.5 Å². The first kappa shape index (κ1) is 18.8. The molecule has 2 aromatic carbocycles. The monoisotopic (exact) mass is 374 g/mol. The van der Waals surface area contributed by atoms with E-state index in [4.69, 9.17) is 14.2 Å². The van der Waals surface area contributed by atoms with Gasteiger partial charge < -0.3 is 29.5 Å². The maximum absolute atomic E-state index is 12.2. The SMILES string of the molecule is COc1cc(C[C@@H]2C(=O)OCC2[C@H](O)c2ccc(O)c(OC)c2)ccc1O. The largest absolute Gasteiger partial charge is 0.504 e. The molecule has 3 rings (SSSR count). The van der Waals surface area contributed by atoms with Gasteiger partial charge in [-0.1, -0.05) is 12.1 Å². The fraction of sp³-hybridized carbons (Fsp3) is 0.350. The van der Waals surface area contributed by atoms with Crippen LogP contribution in [0.2, 0.25) is 0 Å². The number of aliphatic hydroxyl groups is 1. The van der Waals surface area contributed by atoms with Crippen LogP contribution in [0.3, 0.4) is 0 Å². The molecule has 0 spiro atoms. The first-order valence-corrected chi connectivity index (χ1v) is 8.52. The number of cyclic esters (lactones) is 1. The zero-order valence-electron chi connectivity index (χ0n) is 15.1. The van der Waals surface area contributed by atoms with Crippen LogP contribution in [0, 0.1) is 11.8 Å². The van der Waals surface area contributed by atoms with E-state index in [0.717, 1.165) is 5.56 Å². The van der Waals surface area contributed by atoms with Crippen molar-refractivity contribution in [3.63, 3.8) is 0 Å². The minimum absolute atomic E-state index is 0.0167. The van der Waals surface area contributed by atoms with E-state index in [1.807, 2.05) is 0 Å². The van der Waals surface area contributed by atoms with Gasteiger partial charge in [-0.2, -0.15) is 0 Å². The molecule has 7 heteroatoms. The number of esters is 1. The third kappa shape index (κ3) is 3.78. The highest BCUT2D eigenvalue weighted by molar-refractivity contribution is 5.75. The molecule has 3 N–H and O–H groups in total. The molecule has 0 bridgehead atoms. The summed E-state index contributed by atoms with van der Waals surface area (Å²) in [5, 5.41) is 30.3. The van der Waals surface area contributed by atoms with E-state index in [0.29, 0.717) is 17.7 Å². The molecule has 1 fully saturated rings. The van der Waals surface area contributed by atoms with Crippen LogP contribution in [0.15, 0.2) is 36.4 Å². The minimum atomic E-state index is -0.963. The smallest absolute Gasteiger partial charge is 0.309 e. The summed E-state index contributed by atoms with van der Waals surface area (Å²) in [4.78, 5) is 12.2. The quantitative estimate of drug-likeness (QED) is 0.666. The summed E-state index contributed by atoms with van der Waals surface area (Å²) in [6.45, 7) is 0.100. The van der Waals surface area contributed by atoms with E-state index in [2.05, 4.69) is 0 Å². The standard InChI is InChI=1S/C20H22O7/c1-25-17-8-11(3-5-15(17)21)7-13-14(10-27-20(13)24)19(23)12-4-6-16(22)18(9-12)26-2/h3-6,8-9,13-14,19,21-23H,7,10H2,1-2H3/t13-,14?,19+/m0/s1. The van der Waals surface area contributed by atoms with Gasteiger partial charge in [-0.3, -0.25) is 4.79 Å². The van der Waals surface area contributed by atoms with Gasteiger partial charge in [0.15, 0.2) is 23.0 Å². The third-order valence-electron chi connectivity index (χ3n) is 4.89. The molecule has 0 saturated carbocycles. The van der Waals surface area contributed by atoms with Gasteiger partial charge in [0.2, 0.25) is 0 Å². The average molecular weight is 374 g/mol. The molecule has 27 heavy (non-hydrogen) atoms. The summed E-state index contributed by atoms with van der Waals surface area (Å²) < 4.78 is 15.4. The second-order valence-corrected chi connectivity index (χ2v) is 6.49. The normalized spacial score (nSPS) is 20.2. The van der Waals surface area contributed by atoms with Gasteiger partial charge in [0, 0.05) is 5.92 Å².